The third-order valence-electron chi connectivity index (χ3n) is 6.12. The first-order valence-corrected chi connectivity index (χ1v) is 13.7. The second-order valence-electron chi connectivity index (χ2n) is 9.73. The van der Waals surface area contributed by atoms with Crippen LogP contribution in [-0.2, 0) is 20.5 Å². The smallest absolute Gasteiger partial charge is 0.192 e. The molecule has 0 aromatic heterocycles. The molecule has 4 nitrogen and oxygen atoms in total. The predicted molar refractivity (Wildman–Crippen MR) is 122 cm³/mol. The number of hydrogen-bond donors (Lipinski definition) is 1. The van der Waals surface area contributed by atoms with Crippen molar-refractivity contribution in [3.05, 3.63) is 47.5 Å². The molecule has 1 aromatic rings. The van der Waals surface area contributed by atoms with E-state index >= 15 is 0 Å². The van der Waals surface area contributed by atoms with E-state index in [1.165, 1.54) is 5.57 Å². The maximum Gasteiger partial charge on any atom is 0.192 e. The molecule has 0 saturated carbocycles. The fraction of sp³-hybridized carbons (Fsp3) is 0.667. The highest BCUT2D eigenvalue weighted by atomic mass is 28.4. The quantitative estimate of drug-likeness (QED) is 0.469. The fourth-order valence-electron chi connectivity index (χ4n) is 3.34. The molecule has 1 aliphatic heterocycles. The van der Waals surface area contributed by atoms with Crippen LogP contribution in [0.1, 0.15) is 52.5 Å². The molecule has 1 heterocycles. The molecule has 29 heavy (non-hydrogen) atoms. The van der Waals surface area contributed by atoms with Crippen LogP contribution in [0.5, 0.6) is 0 Å². The molecule has 0 unspecified atom stereocenters. The summed E-state index contributed by atoms with van der Waals surface area (Å²) in [6, 6.07) is 10.2. The van der Waals surface area contributed by atoms with Gasteiger partial charge in [0.15, 0.2) is 8.32 Å². The summed E-state index contributed by atoms with van der Waals surface area (Å²) in [5, 5.41) is 10.2. The molecule has 1 aromatic carbocycles. The van der Waals surface area contributed by atoms with Crippen molar-refractivity contribution in [1.82, 2.24) is 0 Å². The summed E-state index contributed by atoms with van der Waals surface area (Å²) in [5.41, 5.74) is 2.46. The Kier molecular flexibility index (Phi) is 9.10. The van der Waals surface area contributed by atoms with Crippen LogP contribution in [0.3, 0.4) is 0 Å². The maximum atomic E-state index is 10.1. The van der Waals surface area contributed by atoms with Gasteiger partial charge >= 0.3 is 0 Å². The van der Waals surface area contributed by atoms with Gasteiger partial charge in [-0.05, 0) is 49.9 Å². The molecule has 0 saturated heterocycles. The van der Waals surface area contributed by atoms with E-state index < -0.39 is 8.32 Å². The maximum absolute atomic E-state index is 10.1. The Balaban J connectivity index is 2.06. The molecule has 0 aliphatic carbocycles. The summed E-state index contributed by atoms with van der Waals surface area (Å²) in [6.07, 6.45) is 4.41. The number of rotatable bonds is 7. The van der Waals surface area contributed by atoms with Gasteiger partial charge in [0.1, 0.15) is 6.10 Å². The first kappa shape index (κ1) is 24.3. The van der Waals surface area contributed by atoms with Crippen molar-refractivity contribution < 1.29 is 19.0 Å². The van der Waals surface area contributed by atoms with Crippen LogP contribution in [0.25, 0.3) is 0 Å². The molecule has 0 fully saturated rings. The molecule has 5 heteroatoms. The van der Waals surface area contributed by atoms with Crippen molar-refractivity contribution in [3.8, 4) is 0 Å². The number of aliphatic hydroxyl groups is 1. The lowest BCUT2D eigenvalue weighted by molar-refractivity contribution is -0.115. The van der Waals surface area contributed by atoms with Crippen molar-refractivity contribution in [1.29, 1.82) is 0 Å². The van der Waals surface area contributed by atoms with E-state index in [1.807, 2.05) is 18.2 Å². The zero-order valence-corrected chi connectivity index (χ0v) is 20.1. The van der Waals surface area contributed by atoms with Gasteiger partial charge in [0.25, 0.3) is 0 Å². The van der Waals surface area contributed by atoms with E-state index in [4.69, 9.17) is 13.9 Å². The minimum absolute atomic E-state index is 0.0342. The summed E-state index contributed by atoms with van der Waals surface area (Å²) < 4.78 is 19.0. The van der Waals surface area contributed by atoms with Crippen LogP contribution >= 0.6 is 0 Å². The lowest BCUT2D eigenvalue weighted by atomic mass is 10.1. The Labute approximate surface area is 178 Å². The van der Waals surface area contributed by atoms with Gasteiger partial charge < -0.3 is 19.0 Å². The topological polar surface area (TPSA) is 47.9 Å². The molecule has 3 atom stereocenters. The summed E-state index contributed by atoms with van der Waals surface area (Å²) >= 11 is 0. The zero-order chi connectivity index (χ0) is 21.5. The second-order valence-corrected chi connectivity index (χ2v) is 14.5. The normalized spacial score (nSPS) is 26.2. The van der Waals surface area contributed by atoms with Crippen LogP contribution in [0.2, 0.25) is 18.1 Å². The Morgan fingerprint density at radius 2 is 1.86 bits per heavy atom. The summed E-state index contributed by atoms with van der Waals surface area (Å²) in [7, 11) is -1.96. The van der Waals surface area contributed by atoms with E-state index in [0.717, 1.165) is 24.8 Å². The van der Waals surface area contributed by atoms with Crippen LogP contribution in [0.4, 0.5) is 0 Å². The molecule has 0 amide bonds. The molecule has 0 bridgehead atoms. The summed E-state index contributed by atoms with van der Waals surface area (Å²) in [6.45, 7) is 14.4. The minimum atomic E-state index is -1.96. The number of ether oxygens (including phenoxy) is 2. The largest absolute Gasteiger partial charge is 0.411 e. The molecular formula is C24H40O4Si. The standard InChI is InChI=1S/C24H40O4Si/c1-19-11-10-14-22(28-29(5,6)24(2,3)4)23(16-25)27-21(15-19)18-26-17-20-12-8-7-9-13-20/h7-9,11-13,21-23,25H,10,14-18H2,1-6H3/b19-11-/t21-,22-,23-/m1/s1. The SMILES string of the molecule is C/C1=C/CC[C@@H](O[Si](C)(C)C(C)(C)C)[C@@H](CO)O[C@@H](COCc2ccccc2)C1. The Morgan fingerprint density at radius 1 is 1.17 bits per heavy atom. The van der Waals surface area contributed by atoms with Crippen LogP contribution in [0.15, 0.2) is 42.0 Å². The van der Waals surface area contributed by atoms with Gasteiger partial charge in [0.2, 0.25) is 0 Å². The monoisotopic (exact) mass is 420 g/mol. The van der Waals surface area contributed by atoms with E-state index in [9.17, 15) is 5.11 Å². The van der Waals surface area contributed by atoms with Crippen LogP contribution in [0, 0.1) is 0 Å². The lowest BCUT2D eigenvalue weighted by Crippen LogP contribution is -2.49. The average molecular weight is 421 g/mol. The van der Waals surface area contributed by atoms with E-state index in [-0.39, 0.29) is 30.0 Å². The van der Waals surface area contributed by atoms with E-state index in [2.05, 4.69) is 59.0 Å². The highest BCUT2D eigenvalue weighted by Crippen LogP contribution is 2.38. The van der Waals surface area contributed by atoms with E-state index in [0.29, 0.717) is 13.2 Å². The van der Waals surface area contributed by atoms with Crippen molar-refractivity contribution in [2.24, 2.45) is 0 Å². The first-order chi connectivity index (χ1) is 13.6. The van der Waals surface area contributed by atoms with Crippen molar-refractivity contribution >= 4 is 8.32 Å². The Bertz CT molecular complexity index is 636. The molecule has 0 spiro atoms. The van der Waals surface area contributed by atoms with Crippen molar-refractivity contribution in [2.75, 3.05) is 13.2 Å². The molecular weight excluding hydrogens is 380 g/mol. The highest BCUT2D eigenvalue weighted by molar-refractivity contribution is 6.74. The molecule has 164 valence electrons. The van der Waals surface area contributed by atoms with Gasteiger partial charge in [-0.1, -0.05) is 62.8 Å². The average Bonchev–Trinajstić information content (AvgIpc) is 2.71. The van der Waals surface area contributed by atoms with Gasteiger partial charge in [0.05, 0.1) is 32.0 Å². The zero-order valence-electron chi connectivity index (χ0n) is 19.1. The van der Waals surface area contributed by atoms with Crippen molar-refractivity contribution in [3.63, 3.8) is 0 Å². The Hall–Kier alpha value is -0.983. The van der Waals surface area contributed by atoms with Gasteiger partial charge in [-0.15, -0.1) is 0 Å². The van der Waals surface area contributed by atoms with Gasteiger partial charge in [-0.2, -0.15) is 0 Å². The lowest BCUT2D eigenvalue weighted by Gasteiger charge is -2.41. The number of allylic oxidation sites excluding steroid dienone is 1. The number of aliphatic hydroxyl groups excluding tert-OH is 1. The molecule has 1 aliphatic rings. The summed E-state index contributed by atoms with van der Waals surface area (Å²) in [5.74, 6) is 0. The van der Waals surface area contributed by atoms with Crippen LogP contribution < -0.4 is 0 Å². The van der Waals surface area contributed by atoms with Crippen LogP contribution in [-0.4, -0.2) is 44.9 Å². The number of benzene rings is 1. The predicted octanol–water partition coefficient (Wildman–Crippen LogP) is 5.47. The Morgan fingerprint density at radius 3 is 2.48 bits per heavy atom. The van der Waals surface area contributed by atoms with E-state index in [1.54, 1.807) is 0 Å². The van der Waals surface area contributed by atoms with Gasteiger partial charge in [-0.3, -0.25) is 0 Å². The first-order valence-electron chi connectivity index (χ1n) is 10.8. The molecule has 0 radical (unpaired) electrons. The van der Waals surface area contributed by atoms with Gasteiger partial charge in [0, 0.05) is 0 Å². The third kappa shape index (κ3) is 7.65. The molecule has 1 N–H and O–H groups in total. The van der Waals surface area contributed by atoms with Gasteiger partial charge in [-0.25, -0.2) is 0 Å². The molecule has 2 rings (SSSR count). The minimum Gasteiger partial charge on any atom is -0.411 e. The second kappa shape index (κ2) is 10.9. The highest BCUT2D eigenvalue weighted by Gasteiger charge is 2.41. The third-order valence-corrected chi connectivity index (χ3v) is 10.6. The fourth-order valence-corrected chi connectivity index (χ4v) is 4.72. The van der Waals surface area contributed by atoms with Crippen molar-refractivity contribution in [2.45, 2.75) is 90.0 Å². The summed E-state index contributed by atoms with van der Waals surface area (Å²) in [4.78, 5) is 0. The number of hydrogen-bond acceptors (Lipinski definition) is 4.